The summed E-state index contributed by atoms with van der Waals surface area (Å²) < 4.78 is 5.25. The Morgan fingerprint density at radius 1 is 1.50 bits per heavy atom. The second kappa shape index (κ2) is 2.10. The van der Waals surface area contributed by atoms with Gasteiger partial charge in [0.05, 0.1) is 6.10 Å². The van der Waals surface area contributed by atoms with Gasteiger partial charge in [-0.05, 0) is 19.3 Å². The van der Waals surface area contributed by atoms with E-state index in [1.807, 2.05) is 0 Å². The van der Waals surface area contributed by atoms with Crippen LogP contribution < -0.4 is 0 Å². The zero-order valence-electron chi connectivity index (χ0n) is 5.42. The van der Waals surface area contributed by atoms with Gasteiger partial charge in [0, 0.05) is 6.00 Å². The van der Waals surface area contributed by atoms with Crippen molar-refractivity contribution in [1.29, 1.82) is 0 Å². The Kier molecular flexibility index (Phi) is 1.61. The van der Waals surface area contributed by atoms with Crippen LogP contribution in [0.5, 0.6) is 0 Å². The van der Waals surface area contributed by atoms with Crippen LogP contribution >= 0.6 is 0 Å². The van der Waals surface area contributed by atoms with Gasteiger partial charge in [0.15, 0.2) is 0 Å². The van der Waals surface area contributed by atoms with Crippen LogP contribution in [0.4, 0.5) is 0 Å². The van der Waals surface area contributed by atoms with Crippen LogP contribution in [0.2, 0.25) is 0 Å². The van der Waals surface area contributed by atoms with Crippen LogP contribution in [0.3, 0.4) is 0 Å². The molecule has 0 aromatic carbocycles. The summed E-state index contributed by atoms with van der Waals surface area (Å²) >= 11 is 0. The maximum absolute atomic E-state index is 5.49. The summed E-state index contributed by atoms with van der Waals surface area (Å²) in [7, 11) is 5.49. The number of ether oxygens (including phenoxy) is 1. The second-order valence-corrected chi connectivity index (χ2v) is 2.59. The van der Waals surface area contributed by atoms with E-state index in [2.05, 4.69) is 13.8 Å². The molecular weight excluding hydrogens is 98.9 g/mol. The highest BCUT2D eigenvalue weighted by Crippen LogP contribution is 2.23. The van der Waals surface area contributed by atoms with E-state index < -0.39 is 0 Å². The first kappa shape index (κ1) is 6.15. The molecular formula is C6H11BO. The summed E-state index contributed by atoms with van der Waals surface area (Å²) in [4.78, 5) is 0. The van der Waals surface area contributed by atoms with Gasteiger partial charge in [-0.1, -0.05) is 6.92 Å². The molecule has 0 saturated carbocycles. The third-order valence-corrected chi connectivity index (χ3v) is 1.79. The Bertz CT molecular complexity index is 74.6. The predicted molar refractivity (Wildman–Crippen MR) is 33.9 cm³/mol. The Hall–Kier alpha value is 0.0249. The minimum Gasteiger partial charge on any atom is -0.385 e. The van der Waals surface area contributed by atoms with Crippen molar-refractivity contribution in [3.63, 3.8) is 0 Å². The molecule has 1 heterocycles. The second-order valence-electron chi connectivity index (χ2n) is 2.59. The first-order valence-corrected chi connectivity index (χ1v) is 3.11. The number of rotatable bonds is 0. The standard InChI is InChI=1S/C6H11BO/c1-4-3-6(7)8-5(4)2/h4-6H,3H2,1-2H3. The molecule has 0 bridgehead atoms. The van der Waals surface area contributed by atoms with Crippen LogP contribution in [-0.2, 0) is 4.74 Å². The molecule has 0 amide bonds. The van der Waals surface area contributed by atoms with Crippen molar-refractivity contribution in [1.82, 2.24) is 0 Å². The zero-order valence-corrected chi connectivity index (χ0v) is 5.42. The fraction of sp³-hybridized carbons (Fsp3) is 1.00. The van der Waals surface area contributed by atoms with Gasteiger partial charge < -0.3 is 4.74 Å². The van der Waals surface area contributed by atoms with E-state index in [-0.39, 0.29) is 6.00 Å². The molecule has 3 unspecified atom stereocenters. The van der Waals surface area contributed by atoms with Crippen LogP contribution in [0, 0.1) is 5.92 Å². The number of hydrogen-bond donors (Lipinski definition) is 0. The van der Waals surface area contributed by atoms with Crippen LogP contribution in [0.1, 0.15) is 20.3 Å². The largest absolute Gasteiger partial charge is 0.385 e. The maximum Gasteiger partial charge on any atom is 0.109 e. The normalized spacial score (nSPS) is 47.5. The van der Waals surface area contributed by atoms with Gasteiger partial charge in [0.1, 0.15) is 7.85 Å². The summed E-state index contributed by atoms with van der Waals surface area (Å²) in [5.41, 5.74) is 0. The van der Waals surface area contributed by atoms with E-state index in [0.717, 1.165) is 6.42 Å². The molecule has 0 spiro atoms. The summed E-state index contributed by atoms with van der Waals surface area (Å²) in [5, 5.41) is 0. The molecule has 2 heteroatoms. The smallest absolute Gasteiger partial charge is 0.109 e. The molecule has 1 nitrogen and oxygen atoms in total. The Morgan fingerprint density at radius 2 is 2.12 bits per heavy atom. The molecule has 44 valence electrons. The lowest BCUT2D eigenvalue weighted by atomic mass is 9.92. The fourth-order valence-corrected chi connectivity index (χ4v) is 1.02. The lowest BCUT2D eigenvalue weighted by molar-refractivity contribution is 0.0883. The minimum atomic E-state index is -0.000000000000000222. The predicted octanol–water partition coefficient (Wildman–Crippen LogP) is 0.926. The van der Waals surface area contributed by atoms with Gasteiger partial charge >= 0.3 is 0 Å². The molecule has 3 atom stereocenters. The van der Waals surface area contributed by atoms with Crippen molar-refractivity contribution in [3.05, 3.63) is 0 Å². The third-order valence-electron chi connectivity index (χ3n) is 1.79. The van der Waals surface area contributed by atoms with E-state index >= 15 is 0 Å². The minimum absolute atomic E-state index is 0.000000000000000222. The van der Waals surface area contributed by atoms with Crippen LogP contribution in [-0.4, -0.2) is 20.0 Å². The van der Waals surface area contributed by atoms with E-state index in [4.69, 9.17) is 12.6 Å². The average Bonchev–Trinajstić information content (AvgIpc) is 1.85. The van der Waals surface area contributed by atoms with Crippen molar-refractivity contribution in [3.8, 4) is 0 Å². The fourth-order valence-electron chi connectivity index (χ4n) is 1.02. The molecule has 2 radical (unpaired) electrons. The van der Waals surface area contributed by atoms with Crippen molar-refractivity contribution in [2.45, 2.75) is 32.4 Å². The maximum atomic E-state index is 5.49. The lowest BCUT2D eigenvalue weighted by Gasteiger charge is -2.05. The highest BCUT2D eigenvalue weighted by atomic mass is 16.5. The number of hydrogen-bond acceptors (Lipinski definition) is 1. The Balaban J connectivity index is 2.39. The molecule has 0 aromatic heterocycles. The first-order valence-electron chi connectivity index (χ1n) is 3.11. The molecule has 1 aliphatic heterocycles. The molecule has 1 saturated heterocycles. The molecule has 1 aliphatic rings. The summed E-state index contributed by atoms with van der Waals surface area (Å²) in [6.07, 6.45) is 1.38. The van der Waals surface area contributed by atoms with E-state index in [0.29, 0.717) is 12.0 Å². The van der Waals surface area contributed by atoms with Gasteiger partial charge in [-0.3, -0.25) is 0 Å². The van der Waals surface area contributed by atoms with Crippen molar-refractivity contribution >= 4 is 7.85 Å². The molecule has 1 rings (SSSR count). The van der Waals surface area contributed by atoms with E-state index in [1.165, 1.54) is 0 Å². The van der Waals surface area contributed by atoms with E-state index in [9.17, 15) is 0 Å². The highest BCUT2D eigenvalue weighted by molar-refractivity contribution is 6.11. The molecule has 0 aromatic rings. The Labute approximate surface area is 51.8 Å². The topological polar surface area (TPSA) is 9.23 Å². The molecule has 0 aliphatic carbocycles. The lowest BCUT2D eigenvalue weighted by Crippen LogP contribution is -2.08. The highest BCUT2D eigenvalue weighted by Gasteiger charge is 2.24. The first-order chi connectivity index (χ1) is 3.70. The van der Waals surface area contributed by atoms with Crippen molar-refractivity contribution in [2.24, 2.45) is 5.92 Å². The quantitative estimate of drug-likeness (QED) is 0.421. The van der Waals surface area contributed by atoms with Gasteiger partial charge in [0.25, 0.3) is 0 Å². The SMILES string of the molecule is [B]C1CC(C)C(C)O1. The van der Waals surface area contributed by atoms with Crippen molar-refractivity contribution in [2.75, 3.05) is 0 Å². The average molecular weight is 110 g/mol. The van der Waals surface area contributed by atoms with Crippen LogP contribution in [0.25, 0.3) is 0 Å². The molecule has 0 N–H and O–H groups in total. The third kappa shape index (κ3) is 1.05. The molecule has 1 fully saturated rings. The van der Waals surface area contributed by atoms with Crippen LogP contribution in [0.15, 0.2) is 0 Å². The van der Waals surface area contributed by atoms with Crippen molar-refractivity contribution < 1.29 is 4.74 Å². The van der Waals surface area contributed by atoms with Gasteiger partial charge in [-0.15, -0.1) is 0 Å². The zero-order chi connectivity index (χ0) is 6.15. The monoisotopic (exact) mass is 110 g/mol. The van der Waals surface area contributed by atoms with Gasteiger partial charge in [-0.2, -0.15) is 0 Å². The summed E-state index contributed by atoms with van der Waals surface area (Å²) in [5.74, 6) is 0.644. The summed E-state index contributed by atoms with van der Waals surface area (Å²) in [6.45, 7) is 4.23. The Morgan fingerprint density at radius 3 is 2.25 bits per heavy atom. The van der Waals surface area contributed by atoms with Gasteiger partial charge in [0.2, 0.25) is 0 Å². The van der Waals surface area contributed by atoms with E-state index in [1.54, 1.807) is 0 Å². The van der Waals surface area contributed by atoms with Gasteiger partial charge in [-0.25, -0.2) is 0 Å². The molecule has 8 heavy (non-hydrogen) atoms. The summed E-state index contributed by atoms with van der Waals surface area (Å²) in [6, 6.07) is -0.000000000000000222.